The van der Waals surface area contributed by atoms with Crippen LogP contribution in [0, 0.1) is 0 Å². The minimum atomic E-state index is -0.729. The molecule has 5 heteroatoms. The van der Waals surface area contributed by atoms with Gasteiger partial charge in [0.15, 0.2) is 0 Å². The van der Waals surface area contributed by atoms with Crippen LogP contribution in [0.3, 0.4) is 0 Å². The molecule has 0 aliphatic heterocycles. The number of nitrogens with two attached hydrogens (primary N) is 1. The van der Waals surface area contributed by atoms with Crippen LogP contribution in [0.4, 0.5) is 4.79 Å². The van der Waals surface area contributed by atoms with Gasteiger partial charge in [-0.25, -0.2) is 10.3 Å². The van der Waals surface area contributed by atoms with Crippen molar-refractivity contribution in [2.24, 2.45) is 5.73 Å². The molecule has 0 bridgehead atoms. The summed E-state index contributed by atoms with van der Waals surface area (Å²) >= 11 is 0. The summed E-state index contributed by atoms with van der Waals surface area (Å²) in [7, 11) is 0. The minimum absolute atomic E-state index is 0.0421. The number of nitrogens with one attached hydrogen (secondary N) is 1. The van der Waals surface area contributed by atoms with Gasteiger partial charge in [0.1, 0.15) is 0 Å². The first-order valence-corrected chi connectivity index (χ1v) is 2.55. The van der Waals surface area contributed by atoms with Gasteiger partial charge in [0.05, 0.1) is 6.61 Å². The highest BCUT2D eigenvalue weighted by Crippen LogP contribution is 1.74. The molecule has 0 heterocycles. The van der Waals surface area contributed by atoms with Gasteiger partial charge in [0.2, 0.25) is 0 Å². The van der Waals surface area contributed by atoms with E-state index >= 15 is 0 Å². The summed E-state index contributed by atoms with van der Waals surface area (Å²) in [6, 6.07) is -0.729. The van der Waals surface area contributed by atoms with Crippen molar-refractivity contribution in [2.75, 3.05) is 13.2 Å². The van der Waals surface area contributed by atoms with Crippen molar-refractivity contribution >= 4 is 6.03 Å². The van der Waals surface area contributed by atoms with Gasteiger partial charge in [0.25, 0.3) is 0 Å². The number of hydroxylamine groups is 1. The van der Waals surface area contributed by atoms with Crippen LogP contribution in [0.25, 0.3) is 0 Å². The molecule has 0 rings (SSSR count). The molecular formula is C4H10N2O3. The standard InChI is InChI=1S/C4H10N2O3/c5-4(8)6-9-3-1-2-7/h7H,1-3H2,(H3,5,6,8). The summed E-state index contributed by atoms with van der Waals surface area (Å²) in [4.78, 5) is 14.3. The number of urea groups is 1. The van der Waals surface area contributed by atoms with Gasteiger partial charge >= 0.3 is 6.03 Å². The molecule has 0 aromatic heterocycles. The van der Waals surface area contributed by atoms with Gasteiger partial charge < -0.3 is 10.8 Å². The first-order chi connectivity index (χ1) is 4.27. The Balaban J connectivity index is 2.83. The zero-order valence-corrected chi connectivity index (χ0v) is 4.96. The number of hydrogen-bond donors (Lipinski definition) is 3. The fraction of sp³-hybridized carbons (Fsp3) is 0.750. The Bertz CT molecular complexity index is 85.9. The molecule has 0 spiro atoms. The van der Waals surface area contributed by atoms with Gasteiger partial charge in [-0.2, -0.15) is 0 Å². The smallest absolute Gasteiger partial charge is 0.336 e. The van der Waals surface area contributed by atoms with Crippen LogP contribution < -0.4 is 11.2 Å². The molecule has 0 aromatic carbocycles. The summed E-state index contributed by atoms with van der Waals surface area (Å²) in [5, 5.41) is 8.21. The molecule has 2 amide bonds. The van der Waals surface area contributed by atoms with Crippen LogP contribution in [0.15, 0.2) is 0 Å². The average molecular weight is 134 g/mol. The van der Waals surface area contributed by atoms with Gasteiger partial charge in [-0.05, 0) is 6.42 Å². The first kappa shape index (κ1) is 8.19. The van der Waals surface area contributed by atoms with E-state index in [-0.39, 0.29) is 13.2 Å². The van der Waals surface area contributed by atoms with E-state index in [2.05, 4.69) is 10.6 Å². The molecule has 0 radical (unpaired) electrons. The Morgan fingerprint density at radius 3 is 2.89 bits per heavy atom. The maximum Gasteiger partial charge on any atom is 0.336 e. The lowest BCUT2D eigenvalue weighted by atomic mass is 10.5. The third kappa shape index (κ3) is 7.19. The van der Waals surface area contributed by atoms with Crippen molar-refractivity contribution in [1.29, 1.82) is 0 Å². The topological polar surface area (TPSA) is 84.6 Å². The Hall–Kier alpha value is -0.810. The molecule has 9 heavy (non-hydrogen) atoms. The van der Waals surface area contributed by atoms with Crippen molar-refractivity contribution in [3.63, 3.8) is 0 Å². The third-order valence-electron chi connectivity index (χ3n) is 0.577. The zero-order chi connectivity index (χ0) is 7.11. The average Bonchev–Trinajstić information content (AvgIpc) is 1.80. The van der Waals surface area contributed by atoms with E-state index in [0.29, 0.717) is 6.42 Å². The molecule has 0 unspecified atom stereocenters. The fourth-order valence-electron chi connectivity index (χ4n) is 0.259. The molecule has 0 aliphatic rings. The molecular weight excluding hydrogens is 124 g/mol. The summed E-state index contributed by atoms with van der Waals surface area (Å²) in [6.07, 6.45) is 0.486. The first-order valence-electron chi connectivity index (χ1n) is 2.55. The second kappa shape index (κ2) is 5.33. The van der Waals surface area contributed by atoms with Crippen LogP contribution in [0.2, 0.25) is 0 Å². The van der Waals surface area contributed by atoms with Crippen LogP contribution in [0.1, 0.15) is 6.42 Å². The van der Waals surface area contributed by atoms with Gasteiger partial charge in [-0.1, -0.05) is 0 Å². The minimum Gasteiger partial charge on any atom is -0.396 e. The number of aliphatic hydroxyl groups is 1. The van der Waals surface area contributed by atoms with Crippen molar-refractivity contribution < 1.29 is 14.7 Å². The highest BCUT2D eigenvalue weighted by molar-refractivity contribution is 5.70. The Labute approximate surface area is 52.7 Å². The number of carbonyl (C=O) groups is 1. The summed E-state index contributed by atoms with van der Waals surface area (Å²) in [5.41, 5.74) is 6.55. The molecule has 4 N–H and O–H groups in total. The number of carbonyl (C=O) groups excluding carboxylic acids is 1. The lowest BCUT2D eigenvalue weighted by Crippen LogP contribution is -2.29. The lowest BCUT2D eigenvalue weighted by molar-refractivity contribution is 0.0546. The molecule has 0 atom stereocenters. The summed E-state index contributed by atoms with van der Waals surface area (Å²) in [5.74, 6) is 0. The van der Waals surface area contributed by atoms with Gasteiger partial charge in [-0.15, -0.1) is 0 Å². The second-order valence-corrected chi connectivity index (χ2v) is 1.39. The Morgan fingerprint density at radius 1 is 1.78 bits per heavy atom. The molecule has 0 fully saturated rings. The highest BCUT2D eigenvalue weighted by atomic mass is 16.7. The zero-order valence-electron chi connectivity index (χ0n) is 4.96. The molecule has 5 nitrogen and oxygen atoms in total. The van der Waals surface area contributed by atoms with E-state index in [4.69, 9.17) is 5.11 Å². The fourth-order valence-corrected chi connectivity index (χ4v) is 0.259. The van der Waals surface area contributed by atoms with Crippen molar-refractivity contribution in [3.05, 3.63) is 0 Å². The van der Waals surface area contributed by atoms with Crippen molar-refractivity contribution in [2.45, 2.75) is 6.42 Å². The molecule has 0 saturated carbocycles. The molecule has 0 saturated heterocycles. The number of primary amides is 1. The summed E-state index contributed by atoms with van der Waals surface area (Å²) < 4.78 is 0. The van der Waals surface area contributed by atoms with E-state index in [9.17, 15) is 4.79 Å². The monoisotopic (exact) mass is 134 g/mol. The van der Waals surface area contributed by atoms with E-state index in [1.165, 1.54) is 0 Å². The number of hydrogen-bond acceptors (Lipinski definition) is 3. The highest BCUT2D eigenvalue weighted by Gasteiger charge is 1.88. The predicted octanol–water partition coefficient (Wildman–Crippen LogP) is -1.03. The van der Waals surface area contributed by atoms with Crippen LogP contribution >= 0.6 is 0 Å². The van der Waals surface area contributed by atoms with Crippen molar-refractivity contribution in [1.82, 2.24) is 5.48 Å². The second-order valence-electron chi connectivity index (χ2n) is 1.39. The van der Waals surface area contributed by atoms with Crippen LogP contribution in [-0.4, -0.2) is 24.4 Å². The van der Waals surface area contributed by atoms with E-state index < -0.39 is 6.03 Å². The maximum absolute atomic E-state index is 9.89. The van der Waals surface area contributed by atoms with Crippen LogP contribution in [-0.2, 0) is 4.84 Å². The van der Waals surface area contributed by atoms with E-state index in [1.807, 2.05) is 5.48 Å². The lowest BCUT2D eigenvalue weighted by Gasteiger charge is -1.99. The predicted molar refractivity (Wildman–Crippen MR) is 30.4 cm³/mol. The molecule has 0 aliphatic carbocycles. The summed E-state index contributed by atoms with van der Waals surface area (Å²) in [6.45, 7) is 0.319. The third-order valence-corrected chi connectivity index (χ3v) is 0.577. The van der Waals surface area contributed by atoms with Crippen molar-refractivity contribution in [3.8, 4) is 0 Å². The Morgan fingerprint density at radius 2 is 2.44 bits per heavy atom. The van der Waals surface area contributed by atoms with E-state index in [0.717, 1.165) is 0 Å². The Kier molecular flexibility index (Phi) is 4.85. The number of rotatable bonds is 4. The SMILES string of the molecule is NC(=O)NOCCCO. The molecule has 0 aromatic rings. The molecule has 54 valence electrons. The number of amides is 2. The van der Waals surface area contributed by atoms with Gasteiger partial charge in [-0.3, -0.25) is 4.84 Å². The largest absolute Gasteiger partial charge is 0.396 e. The quantitative estimate of drug-likeness (QED) is 0.339. The van der Waals surface area contributed by atoms with E-state index in [1.54, 1.807) is 0 Å². The van der Waals surface area contributed by atoms with Crippen LogP contribution in [0.5, 0.6) is 0 Å². The number of aliphatic hydroxyl groups excluding tert-OH is 1. The normalized spacial score (nSPS) is 9.00. The maximum atomic E-state index is 9.89. The van der Waals surface area contributed by atoms with Gasteiger partial charge in [0, 0.05) is 6.61 Å².